The van der Waals surface area contributed by atoms with Gasteiger partial charge in [-0.3, -0.25) is 4.79 Å². The summed E-state index contributed by atoms with van der Waals surface area (Å²) in [5.74, 6) is 0.663. The molecule has 0 aliphatic carbocycles. The van der Waals surface area contributed by atoms with Crippen molar-refractivity contribution in [1.29, 1.82) is 0 Å². The van der Waals surface area contributed by atoms with Gasteiger partial charge in [0.15, 0.2) is 0 Å². The SMILES string of the molecule is CCCCc1nc2c(sc3nc(C)cc(COC)c32)c(=O)n1N=Cc1ccc(Br)cc1. The number of fused-ring (bicyclic) bond motifs is 3. The molecule has 8 heteroatoms. The van der Waals surface area contributed by atoms with Gasteiger partial charge in [-0.15, -0.1) is 11.3 Å². The zero-order chi connectivity index (χ0) is 22.0. The van der Waals surface area contributed by atoms with E-state index in [0.29, 0.717) is 29.1 Å². The summed E-state index contributed by atoms with van der Waals surface area (Å²) in [5.41, 5.74) is 3.35. The monoisotopic (exact) mass is 498 g/mol. The fraction of sp³-hybridized carbons (Fsp3) is 0.304. The Hall–Kier alpha value is -2.42. The lowest BCUT2D eigenvalue weighted by Crippen LogP contribution is -2.21. The lowest BCUT2D eigenvalue weighted by atomic mass is 10.1. The van der Waals surface area contributed by atoms with Gasteiger partial charge in [0.1, 0.15) is 15.4 Å². The third kappa shape index (κ3) is 4.46. The number of benzene rings is 1. The van der Waals surface area contributed by atoms with Crippen LogP contribution in [0.15, 0.2) is 44.7 Å². The smallest absolute Gasteiger partial charge is 0.292 e. The van der Waals surface area contributed by atoms with Crippen molar-refractivity contribution < 1.29 is 4.74 Å². The maximum atomic E-state index is 13.5. The fourth-order valence-electron chi connectivity index (χ4n) is 3.50. The number of halogens is 1. The molecule has 160 valence electrons. The van der Waals surface area contributed by atoms with Crippen LogP contribution in [0, 0.1) is 6.92 Å². The molecule has 0 saturated carbocycles. The summed E-state index contributed by atoms with van der Waals surface area (Å²) in [6.45, 7) is 4.52. The van der Waals surface area contributed by atoms with Crippen molar-refractivity contribution in [2.45, 2.75) is 39.7 Å². The Labute approximate surface area is 192 Å². The molecule has 3 aromatic heterocycles. The van der Waals surface area contributed by atoms with Crippen LogP contribution in [0.2, 0.25) is 0 Å². The first kappa shape index (κ1) is 21.8. The van der Waals surface area contributed by atoms with Gasteiger partial charge in [-0.05, 0) is 42.7 Å². The van der Waals surface area contributed by atoms with E-state index < -0.39 is 0 Å². The molecule has 0 N–H and O–H groups in total. The standard InChI is InChI=1S/C23H23BrN4O2S/c1-4-5-6-18-27-20-19-16(13-30-3)11-14(2)26-22(19)31-21(20)23(29)28(18)25-12-15-7-9-17(24)10-8-15/h7-12H,4-6,13H2,1-3H3. The molecule has 0 unspecified atom stereocenters. The molecule has 0 amide bonds. The summed E-state index contributed by atoms with van der Waals surface area (Å²) in [6.07, 6.45) is 4.30. The highest BCUT2D eigenvalue weighted by molar-refractivity contribution is 9.10. The van der Waals surface area contributed by atoms with Gasteiger partial charge in [0.05, 0.1) is 18.3 Å². The van der Waals surface area contributed by atoms with E-state index in [2.05, 4.69) is 32.9 Å². The molecule has 4 rings (SSSR count). The number of methoxy groups -OCH3 is 1. The minimum atomic E-state index is -0.159. The van der Waals surface area contributed by atoms with Crippen molar-refractivity contribution in [2.24, 2.45) is 5.10 Å². The molecule has 6 nitrogen and oxygen atoms in total. The maximum absolute atomic E-state index is 13.5. The topological polar surface area (TPSA) is 69.4 Å². The first-order valence-electron chi connectivity index (χ1n) is 10.1. The van der Waals surface area contributed by atoms with Crippen molar-refractivity contribution >= 4 is 53.9 Å². The Morgan fingerprint density at radius 1 is 1.26 bits per heavy atom. The number of unbranched alkanes of at least 4 members (excludes halogenated alkanes) is 1. The maximum Gasteiger partial charge on any atom is 0.292 e. The molecule has 0 aliphatic rings. The zero-order valence-corrected chi connectivity index (χ0v) is 20.1. The van der Waals surface area contributed by atoms with E-state index in [1.807, 2.05) is 37.3 Å². The van der Waals surface area contributed by atoms with E-state index in [1.54, 1.807) is 13.3 Å². The van der Waals surface area contributed by atoms with Crippen molar-refractivity contribution in [1.82, 2.24) is 14.6 Å². The van der Waals surface area contributed by atoms with Crippen molar-refractivity contribution in [3.8, 4) is 0 Å². The van der Waals surface area contributed by atoms with E-state index in [9.17, 15) is 4.79 Å². The quantitative estimate of drug-likeness (QED) is 0.317. The van der Waals surface area contributed by atoms with Crippen LogP contribution >= 0.6 is 27.3 Å². The Balaban J connectivity index is 1.93. The van der Waals surface area contributed by atoms with E-state index in [1.165, 1.54) is 16.0 Å². The molecule has 3 heterocycles. The van der Waals surface area contributed by atoms with Crippen LogP contribution < -0.4 is 5.56 Å². The first-order chi connectivity index (χ1) is 15.0. The van der Waals surface area contributed by atoms with Gasteiger partial charge in [-0.25, -0.2) is 9.97 Å². The lowest BCUT2D eigenvalue weighted by Gasteiger charge is -2.08. The molecule has 0 spiro atoms. The molecule has 0 saturated heterocycles. The Kier molecular flexibility index (Phi) is 6.60. The largest absolute Gasteiger partial charge is 0.380 e. The number of pyridine rings is 1. The van der Waals surface area contributed by atoms with E-state index in [4.69, 9.17) is 9.72 Å². The summed E-state index contributed by atoms with van der Waals surface area (Å²) in [5, 5.41) is 5.43. The van der Waals surface area contributed by atoms with Crippen LogP contribution in [0.3, 0.4) is 0 Å². The number of ether oxygens (including phenoxy) is 1. The second-order valence-corrected chi connectivity index (χ2v) is 9.28. The molecular weight excluding hydrogens is 476 g/mol. The van der Waals surface area contributed by atoms with E-state index in [-0.39, 0.29) is 5.56 Å². The van der Waals surface area contributed by atoms with Gasteiger partial charge in [-0.1, -0.05) is 41.4 Å². The molecule has 0 atom stereocenters. The third-order valence-corrected chi connectivity index (χ3v) is 6.55. The number of aryl methyl sites for hydroxylation is 2. The normalized spacial score (nSPS) is 11.9. The first-order valence-corrected chi connectivity index (χ1v) is 11.8. The Morgan fingerprint density at radius 3 is 2.74 bits per heavy atom. The van der Waals surface area contributed by atoms with Crippen LogP contribution in [0.25, 0.3) is 20.4 Å². The van der Waals surface area contributed by atoms with Gasteiger partial charge in [-0.2, -0.15) is 9.78 Å². The van der Waals surface area contributed by atoms with Crippen LogP contribution in [0.1, 0.15) is 42.4 Å². The number of nitrogens with zero attached hydrogens (tertiary/aromatic N) is 4. The van der Waals surface area contributed by atoms with Crippen LogP contribution in [-0.2, 0) is 17.8 Å². The second kappa shape index (κ2) is 9.38. The fourth-order valence-corrected chi connectivity index (χ4v) is 4.89. The average molecular weight is 499 g/mol. The molecule has 31 heavy (non-hydrogen) atoms. The predicted molar refractivity (Wildman–Crippen MR) is 130 cm³/mol. The van der Waals surface area contributed by atoms with Gasteiger partial charge in [0.2, 0.25) is 0 Å². The summed E-state index contributed by atoms with van der Waals surface area (Å²) in [6, 6.07) is 9.78. The molecule has 1 aromatic carbocycles. The van der Waals surface area contributed by atoms with Gasteiger partial charge < -0.3 is 4.74 Å². The Bertz CT molecular complexity index is 1330. The number of hydrogen-bond donors (Lipinski definition) is 0. The number of rotatable bonds is 7. The highest BCUT2D eigenvalue weighted by Crippen LogP contribution is 2.33. The Morgan fingerprint density at radius 2 is 2.03 bits per heavy atom. The van der Waals surface area contributed by atoms with Crippen LogP contribution in [0.5, 0.6) is 0 Å². The van der Waals surface area contributed by atoms with Gasteiger partial charge in [0.25, 0.3) is 5.56 Å². The number of aromatic nitrogens is 3. The lowest BCUT2D eigenvalue weighted by molar-refractivity contribution is 0.186. The predicted octanol–water partition coefficient (Wildman–Crippen LogP) is 5.45. The van der Waals surface area contributed by atoms with Crippen molar-refractivity contribution in [3.05, 3.63) is 67.8 Å². The molecule has 0 fully saturated rings. The zero-order valence-electron chi connectivity index (χ0n) is 17.7. The summed E-state index contributed by atoms with van der Waals surface area (Å²) in [7, 11) is 1.67. The number of hydrogen-bond acceptors (Lipinski definition) is 6. The molecule has 0 aliphatic heterocycles. The highest BCUT2D eigenvalue weighted by atomic mass is 79.9. The minimum absolute atomic E-state index is 0.159. The minimum Gasteiger partial charge on any atom is -0.380 e. The van der Waals surface area contributed by atoms with Crippen molar-refractivity contribution in [2.75, 3.05) is 7.11 Å². The van der Waals surface area contributed by atoms with E-state index in [0.717, 1.165) is 44.4 Å². The summed E-state index contributed by atoms with van der Waals surface area (Å²) in [4.78, 5) is 23.8. The van der Waals surface area contributed by atoms with Gasteiger partial charge in [0, 0.05) is 29.1 Å². The molecule has 4 aromatic rings. The molecule has 0 bridgehead atoms. The summed E-state index contributed by atoms with van der Waals surface area (Å²) >= 11 is 4.81. The second-order valence-electron chi connectivity index (χ2n) is 7.36. The van der Waals surface area contributed by atoms with E-state index >= 15 is 0 Å². The molecular formula is C23H23BrN4O2S. The van der Waals surface area contributed by atoms with Crippen LogP contribution in [0.4, 0.5) is 0 Å². The van der Waals surface area contributed by atoms with Crippen molar-refractivity contribution in [3.63, 3.8) is 0 Å². The summed E-state index contributed by atoms with van der Waals surface area (Å²) < 4.78 is 8.40. The molecule has 0 radical (unpaired) electrons. The average Bonchev–Trinajstić information content (AvgIpc) is 3.11. The van der Waals surface area contributed by atoms with Gasteiger partial charge >= 0.3 is 0 Å². The number of thiophene rings is 1. The van der Waals surface area contributed by atoms with Crippen LogP contribution in [-0.4, -0.2) is 28.0 Å². The third-order valence-electron chi connectivity index (χ3n) is 4.96. The highest BCUT2D eigenvalue weighted by Gasteiger charge is 2.19.